The molecule has 3 aromatic rings. The number of ketones is 1. The van der Waals surface area contributed by atoms with Crippen molar-refractivity contribution >= 4 is 17.4 Å². The molecule has 1 saturated heterocycles. The van der Waals surface area contributed by atoms with Crippen LogP contribution in [0.5, 0.6) is 5.75 Å². The molecule has 0 aliphatic carbocycles. The number of benzene rings is 1. The van der Waals surface area contributed by atoms with Crippen LogP contribution in [0.25, 0.3) is 5.76 Å². The lowest BCUT2D eigenvalue weighted by Crippen LogP contribution is -2.29. The molecule has 1 atom stereocenters. The number of nitrogens with zero attached hydrogens (tertiary/aromatic N) is 2. The smallest absolute Gasteiger partial charge is 0.296 e. The van der Waals surface area contributed by atoms with Crippen LogP contribution in [0.1, 0.15) is 22.9 Å². The summed E-state index contributed by atoms with van der Waals surface area (Å²) in [4.78, 5) is 31.1. The second-order valence-electron chi connectivity index (χ2n) is 6.65. The van der Waals surface area contributed by atoms with Gasteiger partial charge >= 0.3 is 0 Å². The number of rotatable bonds is 5. The molecule has 2 aromatic heterocycles. The number of amides is 1. The predicted octanol–water partition coefficient (Wildman–Crippen LogP) is 3.44. The Morgan fingerprint density at radius 3 is 2.77 bits per heavy atom. The summed E-state index contributed by atoms with van der Waals surface area (Å²) >= 11 is 0. The first-order valence-electron chi connectivity index (χ1n) is 9.06. The van der Waals surface area contributed by atoms with Gasteiger partial charge in [0.05, 0.1) is 24.5 Å². The van der Waals surface area contributed by atoms with Gasteiger partial charge in [0.1, 0.15) is 29.1 Å². The maximum Gasteiger partial charge on any atom is 0.296 e. The van der Waals surface area contributed by atoms with Crippen LogP contribution < -0.4 is 4.74 Å². The summed E-state index contributed by atoms with van der Waals surface area (Å²) in [5.41, 5.74) is 0.454. The number of hydrogen-bond acceptors (Lipinski definition) is 6. The van der Waals surface area contributed by atoms with E-state index in [2.05, 4.69) is 4.98 Å². The molecule has 1 fully saturated rings. The zero-order valence-electron chi connectivity index (χ0n) is 15.9. The molecule has 1 aromatic carbocycles. The van der Waals surface area contributed by atoms with E-state index in [0.29, 0.717) is 5.56 Å². The van der Waals surface area contributed by atoms with Gasteiger partial charge in [-0.05, 0) is 42.0 Å². The molecule has 0 radical (unpaired) electrons. The third-order valence-corrected chi connectivity index (χ3v) is 4.84. The minimum atomic E-state index is -0.992. The molecule has 4 rings (SSSR count). The van der Waals surface area contributed by atoms with Crippen LogP contribution in [-0.4, -0.2) is 33.8 Å². The van der Waals surface area contributed by atoms with Crippen molar-refractivity contribution in [1.82, 2.24) is 9.88 Å². The van der Waals surface area contributed by atoms with Gasteiger partial charge in [-0.1, -0.05) is 6.07 Å². The molecule has 30 heavy (non-hydrogen) atoms. The van der Waals surface area contributed by atoms with Crippen molar-refractivity contribution in [1.29, 1.82) is 0 Å². The van der Waals surface area contributed by atoms with Gasteiger partial charge in [-0.25, -0.2) is 4.39 Å². The van der Waals surface area contributed by atoms with E-state index in [-0.39, 0.29) is 29.2 Å². The molecule has 1 aliphatic heterocycles. The van der Waals surface area contributed by atoms with Gasteiger partial charge in [-0.15, -0.1) is 0 Å². The van der Waals surface area contributed by atoms with Gasteiger partial charge in [-0.3, -0.25) is 14.6 Å². The summed E-state index contributed by atoms with van der Waals surface area (Å²) in [5.74, 6) is -2.43. The lowest BCUT2D eigenvalue weighted by molar-refractivity contribution is -0.140. The van der Waals surface area contributed by atoms with Crippen molar-refractivity contribution in [2.45, 2.75) is 12.6 Å². The highest BCUT2D eigenvalue weighted by atomic mass is 19.1. The number of ether oxygens (including phenoxy) is 1. The van der Waals surface area contributed by atoms with Gasteiger partial charge < -0.3 is 19.2 Å². The standard InChI is InChI=1S/C22H17FN2O5/c1-29-16-7-6-14(23)10-15(16)20(26)18-19(17-5-3-9-30-17)25(22(28)21(18)27)12-13-4-2-8-24-11-13/h2-11,19,26H,12H2,1H3. The van der Waals surface area contributed by atoms with E-state index in [1.54, 1.807) is 36.7 Å². The lowest BCUT2D eigenvalue weighted by atomic mass is 9.98. The van der Waals surface area contributed by atoms with Gasteiger partial charge in [-0.2, -0.15) is 0 Å². The lowest BCUT2D eigenvalue weighted by Gasteiger charge is -2.23. The zero-order chi connectivity index (χ0) is 21.3. The number of furan rings is 1. The molecular weight excluding hydrogens is 391 g/mol. The molecule has 3 heterocycles. The third kappa shape index (κ3) is 3.32. The van der Waals surface area contributed by atoms with Crippen LogP contribution >= 0.6 is 0 Å². The molecule has 1 amide bonds. The topological polar surface area (TPSA) is 92.9 Å². The number of hydrogen-bond donors (Lipinski definition) is 1. The van der Waals surface area contributed by atoms with Gasteiger partial charge in [0.25, 0.3) is 11.7 Å². The Balaban J connectivity index is 1.88. The predicted molar refractivity (Wildman–Crippen MR) is 104 cm³/mol. The van der Waals surface area contributed by atoms with Crippen LogP contribution in [0.15, 0.2) is 71.1 Å². The highest BCUT2D eigenvalue weighted by Gasteiger charge is 2.47. The molecule has 1 N–H and O–H groups in total. The van der Waals surface area contributed by atoms with Gasteiger partial charge in [0.15, 0.2) is 0 Å². The molecule has 1 unspecified atom stereocenters. The van der Waals surface area contributed by atoms with Crippen LogP contribution in [0.2, 0.25) is 0 Å². The summed E-state index contributed by atoms with van der Waals surface area (Å²) in [6.45, 7) is 0.0703. The first-order chi connectivity index (χ1) is 14.5. The normalized spacial score (nSPS) is 18.1. The minimum absolute atomic E-state index is 0.0339. The molecule has 1 aliphatic rings. The van der Waals surface area contributed by atoms with E-state index in [1.807, 2.05) is 0 Å². The first-order valence-corrected chi connectivity index (χ1v) is 9.06. The minimum Gasteiger partial charge on any atom is -0.507 e. The van der Waals surface area contributed by atoms with Crippen molar-refractivity contribution in [2.24, 2.45) is 0 Å². The summed E-state index contributed by atoms with van der Waals surface area (Å²) in [6.07, 6.45) is 4.58. The Morgan fingerprint density at radius 2 is 2.10 bits per heavy atom. The highest BCUT2D eigenvalue weighted by Crippen LogP contribution is 2.41. The quantitative estimate of drug-likeness (QED) is 0.395. The molecule has 7 nitrogen and oxygen atoms in total. The number of aromatic nitrogens is 1. The second kappa shape index (κ2) is 7.82. The molecule has 152 valence electrons. The van der Waals surface area contributed by atoms with E-state index in [9.17, 15) is 19.1 Å². The highest BCUT2D eigenvalue weighted by molar-refractivity contribution is 6.46. The summed E-state index contributed by atoms with van der Waals surface area (Å²) in [7, 11) is 1.36. The van der Waals surface area contributed by atoms with Gasteiger partial charge in [0.2, 0.25) is 0 Å². The van der Waals surface area contributed by atoms with Crippen LogP contribution in [-0.2, 0) is 16.1 Å². The van der Waals surface area contributed by atoms with Crippen molar-refractivity contribution in [3.05, 3.63) is 89.4 Å². The Labute approximate surface area is 171 Å². The monoisotopic (exact) mass is 408 g/mol. The van der Waals surface area contributed by atoms with E-state index < -0.39 is 29.3 Å². The Hall–Kier alpha value is -3.94. The Kier molecular flexibility index (Phi) is 5.05. The number of likely N-dealkylation sites (tertiary alicyclic amines) is 1. The SMILES string of the molecule is COc1ccc(F)cc1C(O)=C1C(=O)C(=O)N(Cc2cccnc2)C1c1ccco1. The summed E-state index contributed by atoms with van der Waals surface area (Å²) in [6, 6.07) is 9.24. The maximum absolute atomic E-state index is 13.9. The molecule has 0 saturated carbocycles. The average molecular weight is 408 g/mol. The number of carbonyl (C=O) groups excluding carboxylic acids is 2. The number of aliphatic hydroxyl groups is 1. The van der Waals surface area contributed by atoms with Crippen LogP contribution in [0.4, 0.5) is 4.39 Å². The largest absolute Gasteiger partial charge is 0.507 e. The van der Waals surface area contributed by atoms with Crippen molar-refractivity contribution < 1.29 is 28.2 Å². The Morgan fingerprint density at radius 1 is 1.27 bits per heavy atom. The second-order valence-corrected chi connectivity index (χ2v) is 6.65. The van der Waals surface area contributed by atoms with Crippen molar-refractivity contribution in [3.8, 4) is 5.75 Å². The first kappa shape index (κ1) is 19.4. The van der Waals surface area contributed by atoms with Crippen molar-refractivity contribution in [3.63, 3.8) is 0 Å². The molecule has 0 spiro atoms. The number of methoxy groups -OCH3 is 1. The maximum atomic E-state index is 13.9. The molecular formula is C22H17FN2O5. The molecule has 8 heteroatoms. The van der Waals surface area contributed by atoms with Crippen molar-refractivity contribution in [2.75, 3.05) is 7.11 Å². The fourth-order valence-corrected chi connectivity index (χ4v) is 3.48. The Bertz CT molecular complexity index is 1130. The fourth-order valence-electron chi connectivity index (χ4n) is 3.48. The number of pyridine rings is 1. The zero-order valence-corrected chi connectivity index (χ0v) is 15.9. The fraction of sp³-hybridized carbons (Fsp3) is 0.136. The third-order valence-electron chi connectivity index (χ3n) is 4.84. The summed E-state index contributed by atoms with van der Waals surface area (Å²) < 4.78 is 24.5. The average Bonchev–Trinajstić information content (AvgIpc) is 3.37. The van der Waals surface area contributed by atoms with E-state index in [0.717, 1.165) is 6.07 Å². The van der Waals surface area contributed by atoms with Gasteiger partial charge in [0, 0.05) is 18.9 Å². The number of Topliss-reactive ketones (excluding diaryl/α,β-unsaturated/α-hetero) is 1. The van der Waals surface area contributed by atoms with E-state index >= 15 is 0 Å². The van der Waals surface area contributed by atoms with Crippen LogP contribution in [0.3, 0.4) is 0 Å². The summed E-state index contributed by atoms with van der Waals surface area (Å²) in [5, 5.41) is 11.0. The number of aliphatic hydroxyl groups excluding tert-OH is 1. The number of halogens is 1. The van der Waals surface area contributed by atoms with Crippen LogP contribution in [0, 0.1) is 5.82 Å². The number of carbonyl (C=O) groups is 2. The van der Waals surface area contributed by atoms with E-state index in [4.69, 9.17) is 9.15 Å². The van der Waals surface area contributed by atoms with E-state index in [1.165, 1.54) is 30.4 Å². The molecule has 0 bridgehead atoms.